The molecule has 2 aliphatic rings. The van der Waals surface area contributed by atoms with Gasteiger partial charge in [-0.05, 0) is 56.4 Å². The van der Waals surface area contributed by atoms with Gasteiger partial charge in [0, 0.05) is 6.04 Å². The Morgan fingerprint density at radius 1 is 1.35 bits per heavy atom. The van der Waals surface area contributed by atoms with Crippen LogP contribution in [0.2, 0.25) is 0 Å². The number of hydrogen-bond acceptors (Lipinski definition) is 3. The number of fused-ring (bicyclic) bond motifs is 1. The lowest BCUT2D eigenvalue weighted by atomic mass is 9.85. The van der Waals surface area contributed by atoms with E-state index >= 15 is 0 Å². The third-order valence-electron chi connectivity index (χ3n) is 4.89. The topological polar surface area (TPSA) is 50.4 Å². The fraction of sp³-hybridized carbons (Fsp3) is 0.611. The lowest BCUT2D eigenvalue weighted by Gasteiger charge is -2.24. The van der Waals surface area contributed by atoms with Crippen LogP contribution in [-0.4, -0.2) is 30.6 Å². The first kappa shape index (κ1) is 16.2. The lowest BCUT2D eigenvalue weighted by molar-refractivity contribution is -0.123. The van der Waals surface area contributed by atoms with E-state index in [-0.39, 0.29) is 23.9 Å². The molecule has 1 aromatic rings. The summed E-state index contributed by atoms with van der Waals surface area (Å²) in [5.41, 5.74) is 0. The van der Waals surface area contributed by atoms with E-state index in [9.17, 15) is 9.18 Å². The van der Waals surface area contributed by atoms with Gasteiger partial charge in [0.2, 0.25) is 5.91 Å². The molecule has 0 aromatic heterocycles. The molecule has 4 atom stereocenters. The monoisotopic (exact) mass is 320 g/mol. The fourth-order valence-electron chi connectivity index (χ4n) is 3.68. The van der Waals surface area contributed by atoms with Crippen molar-refractivity contribution in [2.45, 2.75) is 57.2 Å². The molecule has 1 heterocycles. The Morgan fingerprint density at radius 2 is 2.09 bits per heavy atom. The number of halogens is 1. The summed E-state index contributed by atoms with van der Waals surface area (Å²) in [6, 6.07) is 6.37. The van der Waals surface area contributed by atoms with Crippen molar-refractivity contribution in [3.05, 3.63) is 30.1 Å². The smallest absolute Gasteiger partial charge is 0.237 e. The SMILES string of the molecule is CC(CNC(=O)C1CC2CCCCC2N1)Oc1ccc(F)cc1. The first-order valence-corrected chi connectivity index (χ1v) is 8.58. The van der Waals surface area contributed by atoms with Crippen LogP contribution in [-0.2, 0) is 4.79 Å². The van der Waals surface area contributed by atoms with Crippen LogP contribution in [0, 0.1) is 11.7 Å². The highest BCUT2D eigenvalue weighted by Gasteiger charge is 2.38. The van der Waals surface area contributed by atoms with E-state index in [0.29, 0.717) is 24.3 Å². The maximum absolute atomic E-state index is 12.9. The molecule has 0 bridgehead atoms. The average Bonchev–Trinajstić information content (AvgIpc) is 2.99. The van der Waals surface area contributed by atoms with Gasteiger partial charge in [0.05, 0.1) is 12.6 Å². The Bertz CT molecular complexity index is 520. The molecule has 4 nitrogen and oxygen atoms in total. The summed E-state index contributed by atoms with van der Waals surface area (Å²) in [7, 11) is 0. The van der Waals surface area contributed by atoms with Crippen molar-refractivity contribution in [1.29, 1.82) is 0 Å². The number of benzene rings is 1. The van der Waals surface area contributed by atoms with Crippen LogP contribution in [0.5, 0.6) is 5.75 Å². The van der Waals surface area contributed by atoms with Gasteiger partial charge in [-0.1, -0.05) is 12.8 Å². The first-order valence-electron chi connectivity index (χ1n) is 8.58. The minimum absolute atomic E-state index is 0.0638. The predicted molar refractivity (Wildman–Crippen MR) is 86.8 cm³/mol. The summed E-state index contributed by atoms with van der Waals surface area (Å²) >= 11 is 0. The molecule has 126 valence electrons. The summed E-state index contributed by atoms with van der Waals surface area (Å²) in [6.45, 7) is 2.34. The average molecular weight is 320 g/mol. The number of amides is 1. The van der Waals surface area contributed by atoms with Gasteiger partial charge in [-0.2, -0.15) is 0 Å². The molecule has 1 saturated carbocycles. The Balaban J connectivity index is 1.42. The van der Waals surface area contributed by atoms with Gasteiger partial charge >= 0.3 is 0 Å². The van der Waals surface area contributed by atoms with E-state index in [4.69, 9.17) is 4.74 Å². The van der Waals surface area contributed by atoms with Gasteiger partial charge in [0.25, 0.3) is 0 Å². The Kier molecular flexibility index (Phi) is 5.16. The third kappa shape index (κ3) is 4.22. The number of hydrogen-bond donors (Lipinski definition) is 2. The van der Waals surface area contributed by atoms with Crippen LogP contribution in [0.15, 0.2) is 24.3 Å². The zero-order valence-corrected chi connectivity index (χ0v) is 13.6. The Labute approximate surface area is 136 Å². The Morgan fingerprint density at radius 3 is 2.83 bits per heavy atom. The van der Waals surface area contributed by atoms with Gasteiger partial charge in [0.15, 0.2) is 0 Å². The molecular weight excluding hydrogens is 295 g/mol. The molecule has 1 aromatic carbocycles. The minimum atomic E-state index is -0.285. The summed E-state index contributed by atoms with van der Waals surface area (Å²) in [4.78, 5) is 12.3. The quantitative estimate of drug-likeness (QED) is 0.877. The standard InChI is InChI=1S/C18H25FN2O2/c1-12(23-15-8-6-14(19)7-9-15)11-20-18(22)17-10-13-4-2-3-5-16(13)21-17/h6-9,12-13,16-17,21H,2-5,10-11H2,1H3,(H,20,22). The summed E-state index contributed by atoms with van der Waals surface area (Å²) in [5.74, 6) is 1.05. The molecule has 1 saturated heterocycles. The van der Waals surface area contributed by atoms with Gasteiger partial charge in [-0.25, -0.2) is 4.39 Å². The molecule has 1 aliphatic carbocycles. The van der Waals surface area contributed by atoms with Gasteiger partial charge < -0.3 is 15.4 Å². The fourth-order valence-corrected chi connectivity index (χ4v) is 3.68. The summed E-state index contributed by atoms with van der Waals surface area (Å²) < 4.78 is 18.5. The van der Waals surface area contributed by atoms with Crippen LogP contribution >= 0.6 is 0 Å². The maximum Gasteiger partial charge on any atom is 0.237 e. The molecule has 4 unspecified atom stereocenters. The highest BCUT2D eigenvalue weighted by Crippen LogP contribution is 2.33. The zero-order chi connectivity index (χ0) is 16.2. The highest BCUT2D eigenvalue weighted by molar-refractivity contribution is 5.82. The number of ether oxygens (including phenoxy) is 1. The first-order chi connectivity index (χ1) is 11.1. The predicted octanol–water partition coefficient (Wildman–Crippen LogP) is 2.63. The van der Waals surface area contributed by atoms with E-state index in [0.717, 1.165) is 6.42 Å². The second-order valence-corrected chi connectivity index (χ2v) is 6.73. The maximum atomic E-state index is 12.9. The summed E-state index contributed by atoms with van der Waals surface area (Å²) in [6.07, 6.45) is 5.78. The molecule has 3 rings (SSSR count). The van der Waals surface area contributed by atoms with E-state index < -0.39 is 0 Å². The highest BCUT2D eigenvalue weighted by atomic mass is 19.1. The largest absolute Gasteiger partial charge is 0.489 e. The van der Waals surface area contributed by atoms with Crippen molar-refractivity contribution in [3.63, 3.8) is 0 Å². The molecule has 1 aliphatic heterocycles. The van der Waals surface area contributed by atoms with Crippen molar-refractivity contribution < 1.29 is 13.9 Å². The second kappa shape index (κ2) is 7.30. The van der Waals surface area contributed by atoms with Crippen molar-refractivity contribution in [2.75, 3.05) is 6.54 Å². The van der Waals surface area contributed by atoms with Gasteiger partial charge in [0.1, 0.15) is 17.7 Å². The summed E-state index contributed by atoms with van der Waals surface area (Å²) in [5, 5.41) is 6.44. The van der Waals surface area contributed by atoms with E-state index in [1.165, 1.54) is 37.8 Å². The van der Waals surface area contributed by atoms with Crippen LogP contribution in [0.4, 0.5) is 4.39 Å². The molecule has 0 radical (unpaired) electrons. The van der Waals surface area contributed by atoms with Gasteiger partial charge in [-0.15, -0.1) is 0 Å². The number of carbonyl (C=O) groups is 1. The van der Waals surface area contributed by atoms with Crippen LogP contribution in [0.3, 0.4) is 0 Å². The van der Waals surface area contributed by atoms with E-state index in [1.54, 1.807) is 12.1 Å². The molecule has 23 heavy (non-hydrogen) atoms. The van der Waals surface area contributed by atoms with Crippen LogP contribution in [0.1, 0.15) is 39.0 Å². The minimum Gasteiger partial charge on any atom is -0.489 e. The molecule has 1 amide bonds. The number of rotatable bonds is 5. The van der Waals surface area contributed by atoms with Crippen molar-refractivity contribution in [2.24, 2.45) is 5.92 Å². The molecule has 5 heteroatoms. The van der Waals surface area contributed by atoms with Crippen LogP contribution in [0.25, 0.3) is 0 Å². The Hall–Kier alpha value is -1.62. The molecule has 2 N–H and O–H groups in total. The molecular formula is C18H25FN2O2. The molecule has 0 spiro atoms. The van der Waals surface area contributed by atoms with Crippen molar-refractivity contribution in [3.8, 4) is 5.75 Å². The lowest BCUT2D eigenvalue weighted by Crippen LogP contribution is -2.45. The second-order valence-electron chi connectivity index (χ2n) is 6.73. The normalized spacial score (nSPS) is 28.0. The number of nitrogens with one attached hydrogen (secondary N) is 2. The van der Waals surface area contributed by atoms with Crippen molar-refractivity contribution >= 4 is 5.91 Å². The van der Waals surface area contributed by atoms with E-state index in [2.05, 4.69) is 10.6 Å². The number of carbonyl (C=O) groups excluding carboxylic acids is 1. The zero-order valence-electron chi connectivity index (χ0n) is 13.6. The van der Waals surface area contributed by atoms with E-state index in [1.807, 2.05) is 6.92 Å². The van der Waals surface area contributed by atoms with Gasteiger partial charge in [-0.3, -0.25) is 4.79 Å². The van der Waals surface area contributed by atoms with Crippen LogP contribution < -0.4 is 15.4 Å². The molecule has 2 fully saturated rings. The van der Waals surface area contributed by atoms with Crippen molar-refractivity contribution in [1.82, 2.24) is 10.6 Å². The third-order valence-corrected chi connectivity index (χ3v) is 4.89.